The number of benzene rings is 2. The lowest BCUT2D eigenvalue weighted by Gasteiger charge is -2.19. The summed E-state index contributed by atoms with van der Waals surface area (Å²) in [6.07, 6.45) is 0. The normalized spacial score (nSPS) is 11.0. The minimum Gasteiger partial charge on any atom is -0.314 e. The first-order valence-corrected chi connectivity index (χ1v) is 10.1. The van der Waals surface area contributed by atoms with Gasteiger partial charge in [-0.1, -0.05) is 18.2 Å². The van der Waals surface area contributed by atoms with Crippen molar-refractivity contribution < 1.29 is 9.18 Å². The lowest BCUT2D eigenvalue weighted by Crippen LogP contribution is -2.42. The van der Waals surface area contributed by atoms with E-state index in [2.05, 4.69) is 0 Å². The molecule has 0 N–H and O–H groups in total. The molecule has 2 heterocycles. The van der Waals surface area contributed by atoms with E-state index in [1.165, 1.54) is 39.0 Å². The van der Waals surface area contributed by atoms with Crippen LogP contribution in [0, 0.1) is 12.7 Å². The van der Waals surface area contributed by atoms with Gasteiger partial charge in [0, 0.05) is 12.7 Å². The van der Waals surface area contributed by atoms with Crippen molar-refractivity contribution in [3.8, 4) is 5.69 Å². The first kappa shape index (κ1) is 19.8. The summed E-state index contributed by atoms with van der Waals surface area (Å²) in [6, 6.07) is 14.6. The molecule has 6 nitrogen and oxygen atoms in total. The molecule has 2 aromatic carbocycles. The maximum atomic E-state index is 13.6. The maximum absolute atomic E-state index is 13.6. The van der Waals surface area contributed by atoms with Gasteiger partial charge in [0.2, 0.25) is 5.91 Å². The molecule has 4 aromatic rings. The molecule has 0 aliphatic rings. The summed E-state index contributed by atoms with van der Waals surface area (Å²) < 4.78 is 16.2. The van der Waals surface area contributed by atoms with Crippen molar-refractivity contribution in [3.63, 3.8) is 0 Å². The number of likely N-dealkylation sites (N-methyl/N-ethyl adjacent to an activating group) is 1. The number of halogens is 1. The van der Waals surface area contributed by atoms with Gasteiger partial charge in [0.15, 0.2) is 0 Å². The fourth-order valence-corrected chi connectivity index (χ4v) is 4.18. The Labute approximate surface area is 175 Å². The van der Waals surface area contributed by atoms with E-state index in [1.54, 1.807) is 37.6 Å². The zero-order chi connectivity index (χ0) is 21.4. The number of carbonyl (C=O) groups excluding carboxylic acids is 1. The van der Waals surface area contributed by atoms with Crippen LogP contribution in [0.25, 0.3) is 15.9 Å². The standard InChI is InChI=1S/C22H18FN3O3S/c1-14-12-15(23)8-9-17(14)26-21(28)20-18(10-11-30-20)25(22(26)29)13-19(27)24(2)16-6-4-3-5-7-16/h3-12H,13H2,1-2H3. The number of aromatic nitrogens is 2. The highest BCUT2D eigenvalue weighted by Crippen LogP contribution is 2.19. The summed E-state index contributed by atoms with van der Waals surface area (Å²) in [7, 11) is 1.63. The summed E-state index contributed by atoms with van der Waals surface area (Å²) in [5.41, 5.74) is 0.708. The van der Waals surface area contributed by atoms with E-state index in [0.29, 0.717) is 27.2 Å². The van der Waals surface area contributed by atoms with Crippen molar-refractivity contribution in [1.82, 2.24) is 9.13 Å². The molecule has 8 heteroatoms. The van der Waals surface area contributed by atoms with Gasteiger partial charge in [-0.25, -0.2) is 13.8 Å². The summed E-state index contributed by atoms with van der Waals surface area (Å²) >= 11 is 1.19. The van der Waals surface area contributed by atoms with Crippen LogP contribution in [0.3, 0.4) is 0 Å². The zero-order valence-electron chi connectivity index (χ0n) is 16.3. The minimum atomic E-state index is -0.643. The van der Waals surface area contributed by atoms with Gasteiger partial charge in [-0.05, 0) is 54.3 Å². The summed E-state index contributed by atoms with van der Waals surface area (Å²) in [5.74, 6) is -0.765. The fraction of sp³-hybridized carbons (Fsp3) is 0.136. The molecule has 0 unspecified atom stereocenters. The third-order valence-corrected chi connectivity index (χ3v) is 5.86. The number of hydrogen-bond acceptors (Lipinski definition) is 4. The van der Waals surface area contributed by atoms with Gasteiger partial charge in [0.1, 0.15) is 17.1 Å². The van der Waals surface area contributed by atoms with Gasteiger partial charge >= 0.3 is 5.69 Å². The van der Waals surface area contributed by atoms with E-state index in [1.807, 2.05) is 18.2 Å². The lowest BCUT2D eigenvalue weighted by atomic mass is 10.2. The number of para-hydroxylation sites is 1. The summed E-state index contributed by atoms with van der Waals surface area (Å²) in [5, 5.41) is 1.70. The van der Waals surface area contributed by atoms with Crippen LogP contribution in [0.5, 0.6) is 0 Å². The van der Waals surface area contributed by atoms with Crippen LogP contribution in [0.1, 0.15) is 5.56 Å². The van der Waals surface area contributed by atoms with E-state index in [4.69, 9.17) is 0 Å². The number of amides is 1. The summed E-state index contributed by atoms with van der Waals surface area (Å²) in [4.78, 5) is 40.7. The fourth-order valence-electron chi connectivity index (χ4n) is 3.36. The van der Waals surface area contributed by atoms with Crippen LogP contribution in [-0.2, 0) is 11.3 Å². The van der Waals surface area contributed by atoms with Crippen molar-refractivity contribution in [2.45, 2.75) is 13.5 Å². The molecular weight excluding hydrogens is 405 g/mol. The predicted molar refractivity (Wildman–Crippen MR) is 116 cm³/mol. The maximum Gasteiger partial charge on any atom is 0.336 e. The van der Waals surface area contributed by atoms with Gasteiger partial charge in [-0.15, -0.1) is 11.3 Å². The third kappa shape index (κ3) is 3.35. The van der Waals surface area contributed by atoms with E-state index in [9.17, 15) is 18.8 Å². The Morgan fingerprint density at radius 1 is 1.10 bits per heavy atom. The van der Waals surface area contributed by atoms with E-state index in [-0.39, 0.29) is 12.5 Å². The topological polar surface area (TPSA) is 64.3 Å². The first-order chi connectivity index (χ1) is 14.4. The molecule has 0 aliphatic carbocycles. The number of thiophene rings is 1. The highest BCUT2D eigenvalue weighted by molar-refractivity contribution is 7.17. The highest BCUT2D eigenvalue weighted by Gasteiger charge is 2.20. The Balaban J connectivity index is 1.86. The number of nitrogens with zero attached hydrogens (tertiary/aromatic N) is 3. The van der Waals surface area contributed by atoms with Crippen molar-refractivity contribution in [2.75, 3.05) is 11.9 Å². The molecular formula is C22H18FN3O3S. The number of fused-ring (bicyclic) bond motifs is 1. The molecule has 30 heavy (non-hydrogen) atoms. The molecule has 0 spiro atoms. The molecule has 1 amide bonds. The van der Waals surface area contributed by atoms with Crippen molar-refractivity contribution in [1.29, 1.82) is 0 Å². The van der Waals surface area contributed by atoms with Crippen LogP contribution in [0.2, 0.25) is 0 Å². The molecule has 2 aromatic heterocycles. The van der Waals surface area contributed by atoms with Gasteiger partial charge in [0.25, 0.3) is 5.56 Å². The third-order valence-electron chi connectivity index (χ3n) is 4.97. The largest absolute Gasteiger partial charge is 0.336 e. The van der Waals surface area contributed by atoms with E-state index in [0.717, 1.165) is 4.57 Å². The average Bonchev–Trinajstić information content (AvgIpc) is 3.22. The van der Waals surface area contributed by atoms with Gasteiger partial charge < -0.3 is 4.90 Å². The minimum absolute atomic E-state index is 0.238. The Bertz CT molecular complexity index is 1370. The molecule has 4 rings (SSSR count). The monoisotopic (exact) mass is 423 g/mol. The van der Waals surface area contributed by atoms with Gasteiger partial charge in [0.05, 0.1) is 11.2 Å². The summed E-state index contributed by atoms with van der Waals surface area (Å²) in [6.45, 7) is 1.39. The number of rotatable bonds is 4. The average molecular weight is 423 g/mol. The molecule has 0 fully saturated rings. The SMILES string of the molecule is Cc1cc(F)ccc1-n1c(=O)c2sccc2n(CC(=O)N(C)c2ccccc2)c1=O. The molecule has 0 saturated heterocycles. The second-order valence-electron chi connectivity index (χ2n) is 6.86. The second kappa shape index (κ2) is 7.72. The predicted octanol–water partition coefficient (Wildman–Crippen LogP) is 3.32. The van der Waals surface area contributed by atoms with Crippen molar-refractivity contribution in [2.24, 2.45) is 0 Å². The van der Waals surface area contributed by atoms with Gasteiger partial charge in [-0.3, -0.25) is 14.2 Å². The quantitative estimate of drug-likeness (QED) is 0.506. The van der Waals surface area contributed by atoms with Crippen molar-refractivity contribution >= 4 is 33.1 Å². The first-order valence-electron chi connectivity index (χ1n) is 9.19. The van der Waals surface area contributed by atoms with E-state index < -0.39 is 17.1 Å². The van der Waals surface area contributed by atoms with Crippen LogP contribution >= 0.6 is 11.3 Å². The smallest absolute Gasteiger partial charge is 0.314 e. The zero-order valence-corrected chi connectivity index (χ0v) is 17.1. The van der Waals surface area contributed by atoms with Crippen LogP contribution in [0.4, 0.5) is 10.1 Å². The molecule has 152 valence electrons. The Kier molecular flexibility index (Phi) is 5.09. The highest BCUT2D eigenvalue weighted by atomic mass is 32.1. The Morgan fingerprint density at radius 3 is 2.53 bits per heavy atom. The number of hydrogen-bond donors (Lipinski definition) is 0. The molecule has 0 radical (unpaired) electrons. The van der Waals surface area contributed by atoms with Crippen LogP contribution in [-0.4, -0.2) is 22.1 Å². The Morgan fingerprint density at radius 2 is 1.83 bits per heavy atom. The van der Waals surface area contributed by atoms with Gasteiger partial charge in [-0.2, -0.15) is 0 Å². The van der Waals surface area contributed by atoms with E-state index >= 15 is 0 Å². The van der Waals surface area contributed by atoms with Crippen LogP contribution in [0.15, 0.2) is 69.6 Å². The number of aryl methyl sites for hydroxylation is 1. The molecule has 0 atom stereocenters. The molecule has 0 aliphatic heterocycles. The molecule has 0 saturated carbocycles. The molecule has 0 bridgehead atoms. The number of anilines is 1. The second-order valence-corrected chi connectivity index (χ2v) is 7.78. The van der Waals surface area contributed by atoms with Crippen LogP contribution < -0.4 is 16.1 Å². The Hall–Kier alpha value is -3.52. The number of carbonyl (C=O) groups is 1. The van der Waals surface area contributed by atoms with Crippen molar-refractivity contribution in [3.05, 3.63) is 92.2 Å². The lowest BCUT2D eigenvalue weighted by molar-refractivity contribution is -0.118.